The summed E-state index contributed by atoms with van der Waals surface area (Å²) >= 11 is 0. The quantitative estimate of drug-likeness (QED) is 0.817. The van der Waals surface area contributed by atoms with Gasteiger partial charge in [0.1, 0.15) is 0 Å². The molecule has 0 unspecified atom stereocenters. The molecule has 4 heteroatoms. The monoisotopic (exact) mass is 246 g/mol. The van der Waals surface area contributed by atoms with Gasteiger partial charge in [0.25, 0.3) is 0 Å². The minimum atomic E-state index is -0.0195. The van der Waals surface area contributed by atoms with Gasteiger partial charge in [0.2, 0.25) is 0 Å². The molecule has 2 aromatic rings. The second-order valence-corrected chi connectivity index (χ2v) is 5.20. The van der Waals surface area contributed by atoms with Gasteiger partial charge in [-0.3, -0.25) is 4.98 Å². The smallest absolute Gasteiger partial charge is 0.163 e. The molecule has 1 heterocycles. The first-order chi connectivity index (χ1) is 8.45. The van der Waals surface area contributed by atoms with Crippen LogP contribution in [0, 0.1) is 0 Å². The predicted octanol–water partition coefficient (Wildman–Crippen LogP) is 2.94. The van der Waals surface area contributed by atoms with Crippen LogP contribution in [0.25, 0.3) is 11.0 Å². The van der Waals surface area contributed by atoms with Gasteiger partial charge in [0.15, 0.2) is 11.5 Å². The first kappa shape index (κ1) is 12.6. The molecule has 0 saturated heterocycles. The maximum absolute atomic E-state index is 5.28. The van der Waals surface area contributed by atoms with Crippen molar-refractivity contribution in [2.24, 2.45) is 0 Å². The Morgan fingerprint density at radius 2 is 1.50 bits per heavy atom. The zero-order valence-electron chi connectivity index (χ0n) is 11.4. The molecule has 0 bridgehead atoms. The van der Waals surface area contributed by atoms with Crippen LogP contribution in [0.4, 0.5) is 0 Å². The van der Waals surface area contributed by atoms with E-state index in [2.05, 4.69) is 30.7 Å². The van der Waals surface area contributed by atoms with E-state index in [1.807, 2.05) is 18.3 Å². The van der Waals surface area contributed by atoms with Crippen molar-refractivity contribution in [1.29, 1.82) is 0 Å². The van der Waals surface area contributed by atoms with E-state index in [1.165, 1.54) is 0 Å². The second kappa shape index (κ2) is 4.44. The highest BCUT2D eigenvalue weighted by Gasteiger charge is 2.17. The first-order valence-corrected chi connectivity index (χ1v) is 5.85. The van der Waals surface area contributed by atoms with E-state index in [1.54, 1.807) is 14.2 Å². The highest BCUT2D eigenvalue weighted by atomic mass is 16.5. The third kappa shape index (κ3) is 2.23. The Morgan fingerprint density at radius 3 is 2.00 bits per heavy atom. The third-order valence-electron chi connectivity index (χ3n) is 2.82. The largest absolute Gasteiger partial charge is 0.493 e. The average Bonchev–Trinajstić information content (AvgIpc) is 2.35. The van der Waals surface area contributed by atoms with Gasteiger partial charge in [0.05, 0.1) is 30.9 Å². The number of nitrogens with zero attached hydrogens (tertiary/aromatic N) is 2. The molecule has 0 aliphatic rings. The number of methoxy groups -OCH3 is 2. The van der Waals surface area contributed by atoms with E-state index in [4.69, 9.17) is 9.47 Å². The molecular weight excluding hydrogens is 228 g/mol. The lowest BCUT2D eigenvalue weighted by Crippen LogP contribution is -2.13. The number of hydrogen-bond acceptors (Lipinski definition) is 4. The highest BCUT2D eigenvalue weighted by Crippen LogP contribution is 2.31. The van der Waals surface area contributed by atoms with Crippen molar-refractivity contribution in [3.05, 3.63) is 24.0 Å². The van der Waals surface area contributed by atoms with Crippen molar-refractivity contribution in [3.8, 4) is 11.5 Å². The molecule has 0 spiro atoms. The molecule has 0 aliphatic carbocycles. The summed E-state index contributed by atoms with van der Waals surface area (Å²) in [6.45, 7) is 6.34. The molecule has 18 heavy (non-hydrogen) atoms. The maximum Gasteiger partial charge on any atom is 0.163 e. The topological polar surface area (TPSA) is 44.2 Å². The molecule has 0 aliphatic heterocycles. The van der Waals surface area contributed by atoms with Crippen molar-refractivity contribution in [2.75, 3.05) is 14.2 Å². The van der Waals surface area contributed by atoms with Crippen LogP contribution in [0.15, 0.2) is 18.3 Å². The van der Waals surface area contributed by atoms with Gasteiger partial charge in [-0.15, -0.1) is 0 Å². The third-order valence-corrected chi connectivity index (χ3v) is 2.82. The standard InChI is InChI=1S/C14H18N2O2/c1-14(2,3)13-8-15-9-6-11(17-4)12(18-5)7-10(9)16-13/h6-8H,1-5H3. The molecule has 0 radical (unpaired) electrons. The molecule has 0 fully saturated rings. The van der Waals surface area contributed by atoms with E-state index >= 15 is 0 Å². The Bertz CT molecular complexity index is 574. The van der Waals surface area contributed by atoms with Crippen LogP contribution >= 0.6 is 0 Å². The molecule has 0 N–H and O–H groups in total. The Morgan fingerprint density at radius 1 is 0.944 bits per heavy atom. The molecule has 0 saturated carbocycles. The fourth-order valence-corrected chi connectivity index (χ4v) is 1.70. The maximum atomic E-state index is 5.28. The summed E-state index contributed by atoms with van der Waals surface area (Å²) in [4.78, 5) is 9.07. The van der Waals surface area contributed by atoms with Crippen LogP contribution in [0.2, 0.25) is 0 Å². The Balaban J connectivity index is 2.63. The van der Waals surface area contributed by atoms with Gasteiger partial charge in [-0.05, 0) is 0 Å². The van der Waals surface area contributed by atoms with Crippen LogP contribution in [-0.4, -0.2) is 24.2 Å². The molecular formula is C14H18N2O2. The van der Waals surface area contributed by atoms with Crippen LogP contribution in [0.1, 0.15) is 26.5 Å². The van der Waals surface area contributed by atoms with Crippen molar-refractivity contribution in [3.63, 3.8) is 0 Å². The number of fused-ring (bicyclic) bond motifs is 1. The molecule has 4 nitrogen and oxygen atoms in total. The molecule has 1 aromatic heterocycles. The van der Waals surface area contributed by atoms with Crippen molar-refractivity contribution in [2.45, 2.75) is 26.2 Å². The van der Waals surface area contributed by atoms with Crippen LogP contribution in [0.5, 0.6) is 11.5 Å². The number of rotatable bonds is 2. The Kier molecular flexibility index (Phi) is 3.11. The summed E-state index contributed by atoms with van der Waals surface area (Å²) in [5.41, 5.74) is 2.57. The van der Waals surface area contributed by atoms with Gasteiger partial charge in [0, 0.05) is 23.7 Å². The Labute approximate surface area is 107 Å². The summed E-state index contributed by atoms with van der Waals surface area (Å²) in [5.74, 6) is 1.34. The predicted molar refractivity (Wildman–Crippen MR) is 71.3 cm³/mol. The molecule has 0 atom stereocenters. The first-order valence-electron chi connectivity index (χ1n) is 5.85. The minimum absolute atomic E-state index is 0.0195. The molecule has 96 valence electrons. The van der Waals surface area contributed by atoms with Crippen molar-refractivity contribution < 1.29 is 9.47 Å². The number of ether oxygens (including phenoxy) is 2. The lowest BCUT2D eigenvalue weighted by atomic mass is 9.92. The van der Waals surface area contributed by atoms with Gasteiger partial charge < -0.3 is 9.47 Å². The lowest BCUT2D eigenvalue weighted by Gasteiger charge is -2.17. The second-order valence-electron chi connectivity index (χ2n) is 5.20. The fraction of sp³-hybridized carbons (Fsp3) is 0.429. The SMILES string of the molecule is COc1cc2ncc(C(C)(C)C)nc2cc1OC. The molecule has 0 amide bonds. The average molecular weight is 246 g/mol. The minimum Gasteiger partial charge on any atom is -0.493 e. The normalized spacial score (nSPS) is 11.6. The zero-order valence-corrected chi connectivity index (χ0v) is 11.4. The van der Waals surface area contributed by atoms with E-state index < -0.39 is 0 Å². The summed E-state index contributed by atoms with van der Waals surface area (Å²) < 4.78 is 10.5. The van der Waals surface area contributed by atoms with Crippen LogP contribution in [0.3, 0.4) is 0 Å². The summed E-state index contributed by atoms with van der Waals surface area (Å²) in [7, 11) is 3.23. The molecule has 1 aromatic carbocycles. The van der Waals surface area contributed by atoms with Gasteiger partial charge >= 0.3 is 0 Å². The van der Waals surface area contributed by atoms with E-state index in [0.29, 0.717) is 11.5 Å². The van der Waals surface area contributed by atoms with Gasteiger partial charge in [-0.2, -0.15) is 0 Å². The lowest BCUT2D eigenvalue weighted by molar-refractivity contribution is 0.355. The summed E-state index contributed by atoms with van der Waals surface area (Å²) in [6.07, 6.45) is 1.81. The highest BCUT2D eigenvalue weighted by molar-refractivity contribution is 5.79. The fourth-order valence-electron chi connectivity index (χ4n) is 1.70. The molecule has 2 rings (SSSR count). The van der Waals surface area contributed by atoms with Gasteiger partial charge in [-0.25, -0.2) is 4.98 Å². The van der Waals surface area contributed by atoms with Crippen molar-refractivity contribution in [1.82, 2.24) is 9.97 Å². The van der Waals surface area contributed by atoms with Crippen LogP contribution in [-0.2, 0) is 5.41 Å². The van der Waals surface area contributed by atoms with E-state index in [0.717, 1.165) is 16.7 Å². The summed E-state index contributed by atoms with van der Waals surface area (Å²) in [6, 6.07) is 3.70. The summed E-state index contributed by atoms with van der Waals surface area (Å²) in [5, 5.41) is 0. The van der Waals surface area contributed by atoms with Crippen molar-refractivity contribution >= 4 is 11.0 Å². The van der Waals surface area contributed by atoms with E-state index in [-0.39, 0.29) is 5.41 Å². The zero-order chi connectivity index (χ0) is 13.3. The number of benzene rings is 1. The van der Waals surface area contributed by atoms with E-state index in [9.17, 15) is 0 Å². The van der Waals surface area contributed by atoms with Gasteiger partial charge in [-0.1, -0.05) is 20.8 Å². The number of aromatic nitrogens is 2. The number of hydrogen-bond donors (Lipinski definition) is 0. The van der Waals surface area contributed by atoms with Crippen LogP contribution < -0.4 is 9.47 Å². The Hall–Kier alpha value is -1.84.